The maximum absolute atomic E-state index is 9.78. The van der Waals surface area contributed by atoms with Crippen LogP contribution in [0.25, 0.3) is 0 Å². The Labute approximate surface area is 80.9 Å². The van der Waals surface area contributed by atoms with E-state index in [1.165, 1.54) is 0 Å². The standard InChI is InChI=1S/C10H22N2O/c1-7(11)8(2)12-6-5-9(13)10(12,3)4/h7-9,13H,5-6,11H2,1-4H3. The fourth-order valence-electron chi connectivity index (χ4n) is 2.11. The molecule has 0 radical (unpaired) electrons. The Hall–Kier alpha value is -0.120. The van der Waals surface area contributed by atoms with Gasteiger partial charge in [-0.15, -0.1) is 0 Å². The summed E-state index contributed by atoms with van der Waals surface area (Å²) in [7, 11) is 0. The molecule has 0 spiro atoms. The molecule has 0 aromatic carbocycles. The molecule has 1 saturated heterocycles. The summed E-state index contributed by atoms with van der Waals surface area (Å²) in [5.74, 6) is 0. The van der Waals surface area contributed by atoms with Crippen molar-refractivity contribution in [3.8, 4) is 0 Å². The van der Waals surface area contributed by atoms with Crippen molar-refractivity contribution in [3.63, 3.8) is 0 Å². The zero-order valence-corrected chi connectivity index (χ0v) is 9.12. The van der Waals surface area contributed by atoms with Crippen LogP contribution in [0.2, 0.25) is 0 Å². The molecule has 3 nitrogen and oxygen atoms in total. The smallest absolute Gasteiger partial charge is 0.0730 e. The number of aliphatic hydroxyl groups excluding tert-OH is 1. The fraction of sp³-hybridized carbons (Fsp3) is 1.00. The zero-order chi connectivity index (χ0) is 10.2. The lowest BCUT2D eigenvalue weighted by Crippen LogP contribution is -2.54. The Kier molecular flexibility index (Phi) is 3.00. The van der Waals surface area contributed by atoms with Gasteiger partial charge in [0.05, 0.1) is 6.10 Å². The maximum Gasteiger partial charge on any atom is 0.0730 e. The van der Waals surface area contributed by atoms with Gasteiger partial charge in [-0.1, -0.05) is 0 Å². The topological polar surface area (TPSA) is 49.5 Å². The van der Waals surface area contributed by atoms with Crippen molar-refractivity contribution >= 4 is 0 Å². The molecule has 13 heavy (non-hydrogen) atoms. The van der Waals surface area contributed by atoms with E-state index >= 15 is 0 Å². The first-order valence-electron chi connectivity index (χ1n) is 5.07. The second-order valence-corrected chi connectivity index (χ2v) is 4.75. The second kappa shape index (κ2) is 3.56. The van der Waals surface area contributed by atoms with Crippen LogP contribution in [0, 0.1) is 0 Å². The second-order valence-electron chi connectivity index (χ2n) is 4.75. The summed E-state index contributed by atoms with van der Waals surface area (Å²) in [5.41, 5.74) is 5.74. The first-order chi connectivity index (χ1) is 5.87. The highest BCUT2D eigenvalue weighted by Crippen LogP contribution is 2.31. The lowest BCUT2D eigenvalue weighted by Gasteiger charge is -2.39. The number of aliphatic hydroxyl groups is 1. The third kappa shape index (κ3) is 1.87. The minimum atomic E-state index is -0.214. The van der Waals surface area contributed by atoms with Gasteiger partial charge in [0.2, 0.25) is 0 Å². The molecule has 0 aromatic rings. The molecule has 1 aliphatic heterocycles. The molecule has 3 heteroatoms. The molecular formula is C10H22N2O. The minimum absolute atomic E-state index is 0.118. The maximum atomic E-state index is 9.78. The van der Waals surface area contributed by atoms with Crippen molar-refractivity contribution < 1.29 is 5.11 Å². The molecule has 3 N–H and O–H groups in total. The van der Waals surface area contributed by atoms with Crippen LogP contribution in [0.15, 0.2) is 0 Å². The lowest BCUT2D eigenvalue weighted by atomic mass is 9.96. The van der Waals surface area contributed by atoms with Crippen LogP contribution in [0.3, 0.4) is 0 Å². The average molecular weight is 186 g/mol. The SMILES string of the molecule is CC(N)C(C)N1CCC(O)C1(C)C. The van der Waals surface area contributed by atoms with Crippen LogP contribution in [0.1, 0.15) is 34.1 Å². The quantitative estimate of drug-likeness (QED) is 0.663. The normalized spacial score (nSPS) is 33.2. The summed E-state index contributed by atoms with van der Waals surface area (Å²) in [6.45, 7) is 9.28. The van der Waals surface area contributed by atoms with Gasteiger partial charge in [-0.05, 0) is 34.1 Å². The van der Waals surface area contributed by atoms with Gasteiger partial charge in [-0.25, -0.2) is 0 Å². The van der Waals surface area contributed by atoms with E-state index in [0.717, 1.165) is 13.0 Å². The number of rotatable bonds is 2. The summed E-state index contributed by atoms with van der Waals surface area (Å²) < 4.78 is 0. The van der Waals surface area contributed by atoms with E-state index in [1.807, 2.05) is 6.92 Å². The van der Waals surface area contributed by atoms with E-state index < -0.39 is 0 Å². The number of nitrogens with two attached hydrogens (primary N) is 1. The van der Waals surface area contributed by atoms with E-state index in [0.29, 0.717) is 6.04 Å². The van der Waals surface area contributed by atoms with Crippen LogP contribution >= 0.6 is 0 Å². The van der Waals surface area contributed by atoms with Crippen molar-refractivity contribution in [2.75, 3.05) is 6.54 Å². The largest absolute Gasteiger partial charge is 0.391 e. The van der Waals surface area contributed by atoms with Crippen LogP contribution in [0.5, 0.6) is 0 Å². The number of nitrogens with zero attached hydrogens (tertiary/aromatic N) is 1. The van der Waals surface area contributed by atoms with Gasteiger partial charge in [-0.3, -0.25) is 4.90 Å². The molecular weight excluding hydrogens is 164 g/mol. The van der Waals surface area contributed by atoms with Crippen LogP contribution in [-0.4, -0.2) is 40.3 Å². The summed E-state index contributed by atoms with van der Waals surface area (Å²) in [6.07, 6.45) is 0.651. The van der Waals surface area contributed by atoms with Crippen LogP contribution < -0.4 is 5.73 Å². The van der Waals surface area contributed by atoms with Crippen molar-refractivity contribution in [3.05, 3.63) is 0 Å². The van der Waals surface area contributed by atoms with Gasteiger partial charge in [-0.2, -0.15) is 0 Å². The molecule has 3 unspecified atom stereocenters. The highest BCUT2D eigenvalue weighted by atomic mass is 16.3. The molecule has 0 aliphatic carbocycles. The lowest BCUT2D eigenvalue weighted by molar-refractivity contribution is 0.0296. The van der Waals surface area contributed by atoms with Gasteiger partial charge < -0.3 is 10.8 Å². The van der Waals surface area contributed by atoms with Gasteiger partial charge >= 0.3 is 0 Å². The first-order valence-corrected chi connectivity index (χ1v) is 5.07. The van der Waals surface area contributed by atoms with E-state index in [9.17, 15) is 5.11 Å². The molecule has 1 fully saturated rings. The van der Waals surface area contributed by atoms with E-state index in [-0.39, 0.29) is 17.7 Å². The molecule has 1 heterocycles. The molecule has 1 aliphatic rings. The van der Waals surface area contributed by atoms with Gasteiger partial charge in [0, 0.05) is 24.2 Å². The first kappa shape index (κ1) is 11.0. The molecule has 0 aromatic heterocycles. The molecule has 0 saturated carbocycles. The van der Waals surface area contributed by atoms with Crippen molar-refractivity contribution in [1.82, 2.24) is 4.90 Å². The Morgan fingerprint density at radius 2 is 2.00 bits per heavy atom. The molecule has 0 bridgehead atoms. The monoisotopic (exact) mass is 186 g/mol. The summed E-state index contributed by atoms with van der Waals surface area (Å²) in [5, 5.41) is 9.78. The third-order valence-corrected chi connectivity index (χ3v) is 3.45. The van der Waals surface area contributed by atoms with Crippen molar-refractivity contribution in [2.24, 2.45) is 5.73 Å². The Bertz CT molecular complexity index is 180. The Morgan fingerprint density at radius 3 is 2.31 bits per heavy atom. The highest BCUT2D eigenvalue weighted by Gasteiger charge is 2.42. The molecule has 1 rings (SSSR count). The van der Waals surface area contributed by atoms with Gasteiger partial charge in [0.25, 0.3) is 0 Å². The van der Waals surface area contributed by atoms with E-state index in [2.05, 4.69) is 25.7 Å². The van der Waals surface area contributed by atoms with E-state index in [4.69, 9.17) is 5.73 Å². The van der Waals surface area contributed by atoms with Gasteiger partial charge in [0.1, 0.15) is 0 Å². The number of likely N-dealkylation sites (tertiary alicyclic amines) is 1. The number of hydrogen-bond donors (Lipinski definition) is 2. The van der Waals surface area contributed by atoms with Gasteiger partial charge in [0.15, 0.2) is 0 Å². The summed E-state index contributed by atoms with van der Waals surface area (Å²) >= 11 is 0. The fourth-order valence-corrected chi connectivity index (χ4v) is 2.11. The van der Waals surface area contributed by atoms with Crippen molar-refractivity contribution in [1.29, 1.82) is 0 Å². The average Bonchev–Trinajstić information content (AvgIpc) is 2.26. The zero-order valence-electron chi connectivity index (χ0n) is 9.12. The minimum Gasteiger partial charge on any atom is -0.391 e. The third-order valence-electron chi connectivity index (χ3n) is 3.45. The predicted octanol–water partition coefficient (Wildman–Crippen LogP) is 0.567. The molecule has 3 atom stereocenters. The summed E-state index contributed by atoms with van der Waals surface area (Å²) in [4.78, 5) is 2.31. The number of hydrogen-bond acceptors (Lipinski definition) is 3. The predicted molar refractivity (Wildman–Crippen MR) is 54.5 cm³/mol. The van der Waals surface area contributed by atoms with Crippen molar-refractivity contribution in [2.45, 2.75) is 57.8 Å². The summed E-state index contributed by atoms with van der Waals surface area (Å²) in [6, 6.07) is 0.497. The molecule has 78 valence electrons. The molecule has 0 amide bonds. The van der Waals surface area contributed by atoms with E-state index in [1.54, 1.807) is 0 Å². The Morgan fingerprint density at radius 1 is 1.46 bits per heavy atom. The Balaban J connectivity index is 2.71. The van der Waals surface area contributed by atoms with Crippen LogP contribution in [0.4, 0.5) is 0 Å². The highest BCUT2D eigenvalue weighted by molar-refractivity contribution is 4.98. The van der Waals surface area contributed by atoms with Crippen LogP contribution in [-0.2, 0) is 0 Å².